The van der Waals surface area contributed by atoms with Crippen molar-refractivity contribution in [1.82, 2.24) is 10.2 Å². The van der Waals surface area contributed by atoms with E-state index in [1.54, 1.807) is 48.5 Å². The largest absolute Gasteiger partial charge is 0.352 e. The van der Waals surface area contributed by atoms with Gasteiger partial charge in [0.15, 0.2) is 0 Å². The van der Waals surface area contributed by atoms with Crippen LogP contribution in [0.1, 0.15) is 36.1 Å². The highest BCUT2D eigenvalue weighted by Crippen LogP contribution is 2.28. The van der Waals surface area contributed by atoms with Crippen molar-refractivity contribution in [2.75, 3.05) is 10.8 Å². The minimum absolute atomic E-state index is 0.0652. The van der Waals surface area contributed by atoms with Gasteiger partial charge in [0.25, 0.3) is 10.0 Å². The molecule has 0 saturated heterocycles. The number of benzene rings is 4. The van der Waals surface area contributed by atoms with E-state index in [1.165, 1.54) is 17.0 Å². The second-order valence-electron chi connectivity index (χ2n) is 11.1. The van der Waals surface area contributed by atoms with Gasteiger partial charge in [-0.25, -0.2) is 8.42 Å². The number of anilines is 1. The molecule has 0 heterocycles. The summed E-state index contributed by atoms with van der Waals surface area (Å²) in [7, 11) is -4.15. The normalized spacial score (nSPS) is 12.0. The Hall–Kier alpha value is -4.14. The van der Waals surface area contributed by atoms with Crippen molar-refractivity contribution in [2.45, 2.75) is 57.6 Å². The van der Waals surface area contributed by atoms with Crippen LogP contribution in [0.25, 0.3) is 0 Å². The van der Waals surface area contributed by atoms with E-state index in [9.17, 15) is 18.0 Å². The Morgan fingerprint density at radius 3 is 2.02 bits per heavy atom. The zero-order valence-corrected chi connectivity index (χ0v) is 27.0. The number of rotatable bonds is 12. The Labute approximate surface area is 265 Å². The van der Waals surface area contributed by atoms with Crippen LogP contribution < -0.4 is 9.62 Å². The molecule has 4 rings (SSSR count). The van der Waals surface area contributed by atoms with E-state index in [-0.39, 0.29) is 29.8 Å². The Kier molecular flexibility index (Phi) is 10.8. The third-order valence-corrected chi connectivity index (χ3v) is 9.23. The van der Waals surface area contributed by atoms with Crippen LogP contribution in [0.2, 0.25) is 5.02 Å². The van der Waals surface area contributed by atoms with Crippen LogP contribution in [-0.2, 0) is 32.6 Å². The van der Waals surface area contributed by atoms with Gasteiger partial charge in [-0.05, 0) is 74.7 Å². The molecular weight excluding hydrogens is 594 g/mol. The Balaban J connectivity index is 1.82. The molecule has 0 aliphatic carbocycles. The van der Waals surface area contributed by atoms with Gasteiger partial charge in [0.2, 0.25) is 11.8 Å². The first-order valence-corrected chi connectivity index (χ1v) is 16.3. The number of aryl methyl sites for hydroxylation is 2. The molecule has 44 heavy (non-hydrogen) atoms. The van der Waals surface area contributed by atoms with Crippen molar-refractivity contribution in [3.8, 4) is 0 Å². The number of sulfonamides is 1. The lowest BCUT2D eigenvalue weighted by molar-refractivity contribution is -0.140. The molecule has 0 aliphatic heterocycles. The molecular formula is C35H38ClN3O4S. The fourth-order valence-corrected chi connectivity index (χ4v) is 6.67. The number of nitrogens with zero attached hydrogens (tertiary/aromatic N) is 2. The first-order valence-electron chi connectivity index (χ1n) is 14.5. The molecule has 1 atom stereocenters. The monoisotopic (exact) mass is 631 g/mol. The summed E-state index contributed by atoms with van der Waals surface area (Å²) in [6, 6.07) is 28.9. The van der Waals surface area contributed by atoms with Gasteiger partial charge in [-0.15, -0.1) is 0 Å². The molecule has 0 aliphatic rings. The van der Waals surface area contributed by atoms with E-state index >= 15 is 0 Å². The lowest BCUT2D eigenvalue weighted by Gasteiger charge is -2.34. The van der Waals surface area contributed by atoms with Crippen molar-refractivity contribution >= 4 is 39.1 Å². The minimum Gasteiger partial charge on any atom is -0.352 e. The molecule has 4 aromatic rings. The second kappa shape index (κ2) is 14.6. The van der Waals surface area contributed by atoms with Crippen molar-refractivity contribution in [3.63, 3.8) is 0 Å². The number of hydrogen-bond acceptors (Lipinski definition) is 4. The van der Waals surface area contributed by atoms with Crippen LogP contribution >= 0.6 is 11.6 Å². The van der Waals surface area contributed by atoms with Gasteiger partial charge in [-0.1, -0.05) is 90.0 Å². The molecule has 0 saturated carbocycles. The van der Waals surface area contributed by atoms with Gasteiger partial charge in [0.05, 0.1) is 10.6 Å². The van der Waals surface area contributed by atoms with Crippen molar-refractivity contribution in [2.24, 2.45) is 0 Å². The topological polar surface area (TPSA) is 86.8 Å². The molecule has 1 N–H and O–H groups in total. The van der Waals surface area contributed by atoms with Crippen LogP contribution in [0.3, 0.4) is 0 Å². The van der Waals surface area contributed by atoms with Gasteiger partial charge >= 0.3 is 0 Å². The van der Waals surface area contributed by atoms with E-state index in [2.05, 4.69) is 5.32 Å². The fraction of sp³-hybridized carbons (Fsp3) is 0.257. The summed E-state index contributed by atoms with van der Waals surface area (Å²) < 4.78 is 29.4. The molecule has 0 radical (unpaired) electrons. The third kappa shape index (κ3) is 8.27. The fourth-order valence-electron chi connectivity index (χ4n) is 5.04. The minimum atomic E-state index is -4.15. The average Bonchev–Trinajstić information content (AvgIpc) is 2.99. The van der Waals surface area contributed by atoms with Gasteiger partial charge in [0.1, 0.15) is 12.6 Å². The number of hydrogen-bond donors (Lipinski definition) is 1. The smallest absolute Gasteiger partial charge is 0.264 e. The summed E-state index contributed by atoms with van der Waals surface area (Å²) in [5, 5.41) is 3.51. The SMILES string of the molecule is Cc1ccc(N(CC(=O)N(Cc2ccc(Cl)cc2)[C@@H](Cc2ccccc2)C(=O)NC(C)C)S(=O)(=O)c2ccccc2)c(C)c1. The molecule has 0 fully saturated rings. The zero-order valence-electron chi connectivity index (χ0n) is 25.4. The number of amides is 2. The summed E-state index contributed by atoms with van der Waals surface area (Å²) in [6.45, 7) is 7.03. The third-order valence-electron chi connectivity index (χ3n) is 7.20. The predicted molar refractivity (Wildman–Crippen MR) is 176 cm³/mol. The molecule has 230 valence electrons. The number of carbonyl (C=O) groups excluding carboxylic acids is 2. The van der Waals surface area contributed by atoms with E-state index in [0.717, 1.165) is 21.0 Å². The molecule has 7 nitrogen and oxygen atoms in total. The summed E-state index contributed by atoms with van der Waals surface area (Å²) in [6.07, 6.45) is 0.244. The first-order chi connectivity index (χ1) is 21.0. The van der Waals surface area contributed by atoms with E-state index in [1.807, 2.05) is 70.2 Å². The van der Waals surface area contributed by atoms with Crippen molar-refractivity contribution < 1.29 is 18.0 Å². The Bertz CT molecular complexity index is 1680. The maximum atomic E-state index is 14.5. The van der Waals surface area contributed by atoms with Gasteiger partial charge in [-0.3, -0.25) is 13.9 Å². The van der Waals surface area contributed by atoms with Crippen molar-refractivity contribution in [1.29, 1.82) is 0 Å². The van der Waals surface area contributed by atoms with E-state index in [4.69, 9.17) is 11.6 Å². The molecule has 0 aromatic heterocycles. The number of carbonyl (C=O) groups is 2. The van der Waals surface area contributed by atoms with E-state index < -0.39 is 28.5 Å². The van der Waals surface area contributed by atoms with Crippen LogP contribution in [0, 0.1) is 13.8 Å². The first kappa shape index (κ1) is 32.8. The van der Waals surface area contributed by atoms with Gasteiger partial charge < -0.3 is 10.2 Å². The summed E-state index contributed by atoms with van der Waals surface area (Å²) in [5.74, 6) is -0.839. The number of halogens is 1. The Morgan fingerprint density at radius 1 is 0.818 bits per heavy atom. The lowest BCUT2D eigenvalue weighted by Crippen LogP contribution is -2.54. The summed E-state index contributed by atoms with van der Waals surface area (Å²) in [4.78, 5) is 29.8. The zero-order chi connectivity index (χ0) is 31.9. The Morgan fingerprint density at radius 2 is 1.43 bits per heavy atom. The highest BCUT2D eigenvalue weighted by molar-refractivity contribution is 7.92. The molecule has 0 bridgehead atoms. The quantitative estimate of drug-likeness (QED) is 0.198. The summed E-state index contributed by atoms with van der Waals surface area (Å²) in [5.41, 5.74) is 3.69. The molecule has 0 unspecified atom stereocenters. The molecule has 0 spiro atoms. The predicted octanol–water partition coefficient (Wildman–Crippen LogP) is 6.32. The van der Waals surface area contributed by atoms with Crippen LogP contribution in [-0.4, -0.2) is 43.8 Å². The van der Waals surface area contributed by atoms with Crippen LogP contribution in [0.4, 0.5) is 5.69 Å². The average molecular weight is 632 g/mol. The maximum absolute atomic E-state index is 14.5. The highest BCUT2D eigenvalue weighted by Gasteiger charge is 2.35. The van der Waals surface area contributed by atoms with Crippen LogP contribution in [0.15, 0.2) is 108 Å². The lowest BCUT2D eigenvalue weighted by atomic mass is 10.0. The number of nitrogens with one attached hydrogen (secondary N) is 1. The highest BCUT2D eigenvalue weighted by atomic mass is 35.5. The second-order valence-corrected chi connectivity index (χ2v) is 13.4. The van der Waals surface area contributed by atoms with Crippen molar-refractivity contribution in [3.05, 3.63) is 130 Å². The van der Waals surface area contributed by atoms with Gasteiger partial charge in [0, 0.05) is 24.0 Å². The van der Waals surface area contributed by atoms with Crippen LogP contribution in [0.5, 0.6) is 0 Å². The molecule has 4 aromatic carbocycles. The molecule has 2 amide bonds. The van der Waals surface area contributed by atoms with E-state index in [0.29, 0.717) is 16.3 Å². The summed E-state index contributed by atoms with van der Waals surface area (Å²) >= 11 is 6.14. The standard InChI is InChI=1S/C35H38ClN3O4S/c1-25(2)37-35(41)33(22-28-11-7-5-8-12-28)38(23-29-16-18-30(36)19-17-29)34(40)24-39(32-20-15-26(3)21-27(32)4)44(42,43)31-13-9-6-10-14-31/h5-21,25,33H,22-24H2,1-4H3,(H,37,41)/t33-/m0/s1. The molecule has 9 heteroatoms. The maximum Gasteiger partial charge on any atom is 0.264 e. The van der Waals surface area contributed by atoms with Gasteiger partial charge in [-0.2, -0.15) is 0 Å².